The third-order valence-corrected chi connectivity index (χ3v) is 1.79. The van der Waals surface area contributed by atoms with Crippen molar-refractivity contribution in [2.75, 3.05) is 0 Å². The van der Waals surface area contributed by atoms with Gasteiger partial charge < -0.3 is 0 Å². The molecule has 0 heterocycles. The van der Waals surface area contributed by atoms with Crippen LogP contribution in [0.1, 0.15) is 16.7 Å². The van der Waals surface area contributed by atoms with Crippen LogP contribution in [0, 0.1) is 26.8 Å². The summed E-state index contributed by atoms with van der Waals surface area (Å²) in [5, 5.41) is 0. The number of hydrogen-bond acceptors (Lipinski definition) is 0. The van der Waals surface area contributed by atoms with E-state index in [0.717, 1.165) is 0 Å². The van der Waals surface area contributed by atoms with E-state index in [1.807, 2.05) is 6.07 Å². The third-order valence-electron chi connectivity index (χ3n) is 1.79. The molecule has 0 amide bonds. The van der Waals surface area contributed by atoms with Gasteiger partial charge in [0.2, 0.25) is 0 Å². The second-order valence-electron chi connectivity index (χ2n) is 2.41. The summed E-state index contributed by atoms with van der Waals surface area (Å²) in [4.78, 5) is 0. The molecule has 0 bridgehead atoms. The summed E-state index contributed by atoms with van der Waals surface area (Å²) in [7, 11) is 0. The van der Waals surface area contributed by atoms with Crippen LogP contribution in [0.4, 0.5) is 0 Å². The summed E-state index contributed by atoms with van der Waals surface area (Å²) in [6.45, 7) is 6.33. The average molecular weight is 185 g/mol. The quantitative estimate of drug-likeness (QED) is 0.429. The van der Waals surface area contributed by atoms with E-state index in [0.29, 0.717) is 0 Å². The molecule has 50 valence electrons. The van der Waals surface area contributed by atoms with Gasteiger partial charge in [0.1, 0.15) is 0 Å². The molecule has 0 aromatic heterocycles. The van der Waals surface area contributed by atoms with Crippen molar-refractivity contribution in [2.24, 2.45) is 0 Å². The molecule has 0 atom stereocenters. The smallest absolute Gasteiger partial charge is 0 e. The van der Waals surface area contributed by atoms with Crippen molar-refractivity contribution in [1.82, 2.24) is 0 Å². The zero-order valence-corrected chi connectivity index (χ0v) is 9.83. The van der Waals surface area contributed by atoms with Gasteiger partial charge in [-0.25, -0.2) is 0 Å². The summed E-state index contributed by atoms with van der Waals surface area (Å²) in [5.41, 5.74) is 3.97. The Morgan fingerprint density at radius 3 is 2.20 bits per heavy atom. The van der Waals surface area contributed by atoms with Gasteiger partial charge in [-0.3, -0.25) is 0 Å². The molecule has 1 aromatic carbocycles. The van der Waals surface area contributed by atoms with E-state index < -0.39 is 0 Å². The standard InChI is InChI=1S/C9H11.Zn/c1-7-5-4-6-8(2)9(7)3;/h4-5H,1-3H3;/q-1;. The van der Waals surface area contributed by atoms with E-state index in [2.05, 4.69) is 32.9 Å². The van der Waals surface area contributed by atoms with Crippen molar-refractivity contribution in [2.45, 2.75) is 20.8 Å². The Morgan fingerprint density at radius 2 is 1.80 bits per heavy atom. The van der Waals surface area contributed by atoms with Crippen molar-refractivity contribution in [3.05, 3.63) is 34.9 Å². The maximum absolute atomic E-state index is 3.14. The molecule has 0 spiro atoms. The van der Waals surface area contributed by atoms with Crippen molar-refractivity contribution < 1.29 is 19.5 Å². The largest absolute Gasteiger partial charge is 0.180 e. The fourth-order valence-corrected chi connectivity index (χ4v) is 0.821. The number of benzene rings is 1. The molecular weight excluding hydrogens is 173 g/mol. The zero-order chi connectivity index (χ0) is 6.85. The van der Waals surface area contributed by atoms with E-state index in [9.17, 15) is 0 Å². The molecule has 0 aliphatic rings. The molecule has 0 aliphatic heterocycles. The number of rotatable bonds is 0. The molecule has 0 radical (unpaired) electrons. The van der Waals surface area contributed by atoms with Gasteiger partial charge in [0.15, 0.2) is 0 Å². The first-order chi connectivity index (χ1) is 4.22. The summed E-state index contributed by atoms with van der Waals surface area (Å²) in [5.74, 6) is 0. The number of aryl methyl sites for hydroxylation is 2. The topological polar surface area (TPSA) is 0 Å². The molecule has 0 nitrogen and oxygen atoms in total. The molecule has 1 heteroatoms. The molecular formula is C9H11Zn-. The fraction of sp³-hybridized carbons (Fsp3) is 0.333. The Morgan fingerprint density at radius 1 is 1.20 bits per heavy atom. The first-order valence-electron chi connectivity index (χ1n) is 3.16. The summed E-state index contributed by atoms with van der Waals surface area (Å²) in [6, 6.07) is 7.20. The predicted octanol–water partition coefficient (Wildman–Crippen LogP) is 2.41. The molecule has 0 aliphatic carbocycles. The maximum Gasteiger partial charge on any atom is 0 e. The Hall–Kier alpha value is -0.157. The van der Waals surface area contributed by atoms with Gasteiger partial charge in [0.25, 0.3) is 0 Å². The average Bonchev–Trinajstić information content (AvgIpc) is 1.83. The molecule has 0 N–H and O–H groups in total. The predicted molar refractivity (Wildman–Crippen MR) is 39.5 cm³/mol. The van der Waals surface area contributed by atoms with Crippen LogP contribution in [-0.4, -0.2) is 0 Å². The van der Waals surface area contributed by atoms with E-state index in [1.54, 1.807) is 0 Å². The van der Waals surface area contributed by atoms with Crippen molar-refractivity contribution >= 4 is 0 Å². The van der Waals surface area contributed by atoms with Gasteiger partial charge in [-0.05, 0) is 0 Å². The summed E-state index contributed by atoms with van der Waals surface area (Å²) in [6.07, 6.45) is 0. The second kappa shape index (κ2) is 3.88. The van der Waals surface area contributed by atoms with Gasteiger partial charge in [-0.2, -0.15) is 34.9 Å². The van der Waals surface area contributed by atoms with Gasteiger partial charge >= 0.3 is 0 Å². The first-order valence-corrected chi connectivity index (χ1v) is 3.16. The van der Waals surface area contributed by atoms with Crippen LogP contribution in [0.2, 0.25) is 0 Å². The van der Waals surface area contributed by atoms with Crippen molar-refractivity contribution in [1.29, 1.82) is 0 Å². The zero-order valence-electron chi connectivity index (χ0n) is 6.86. The number of hydrogen-bond donors (Lipinski definition) is 0. The minimum absolute atomic E-state index is 0. The van der Waals surface area contributed by atoms with Gasteiger partial charge in [-0.1, -0.05) is 20.8 Å². The van der Waals surface area contributed by atoms with Gasteiger partial charge in [0, 0.05) is 19.5 Å². The molecule has 0 saturated heterocycles. The monoisotopic (exact) mass is 183 g/mol. The van der Waals surface area contributed by atoms with Crippen LogP contribution < -0.4 is 0 Å². The normalized spacial score (nSPS) is 8.70. The van der Waals surface area contributed by atoms with E-state index in [-0.39, 0.29) is 19.5 Å². The van der Waals surface area contributed by atoms with Crippen LogP contribution in [0.15, 0.2) is 12.1 Å². The fourth-order valence-electron chi connectivity index (χ4n) is 0.821. The molecule has 0 fully saturated rings. The van der Waals surface area contributed by atoms with E-state index in [1.165, 1.54) is 16.7 Å². The van der Waals surface area contributed by atoms with Crippen LogP contribution in [-0.2, 0) is 19.5 Å². The van der Waals surface area contributed by atoms with E-state index in [4.69, 9.17) is 0 Å². The molecule has 10 heavy (non-hydrogen) atoms. The maximum atomic E-state index is 3.14. The Balaban J connectivity index is 0.000000810. The second-order valence-corrected chi connectivity index (χ2v) is 2.41. The summed E-state index contributed by atoms with van der Waals surface area (Å²) >= 11 is 0. The molecule has 0 unspecified atom stereocenters. The van der Waals surface area contributed by atoms with Crippen LogP contribution in [0.3, 0.4) is 0 Å². The van der Waals surface area contributed by atoms with Crippen molar-refractivity contribution in [3.8, 4) is 0 Å². The Labute approximate surface area is 75.4 Å². The minimum atomic E-state index is 0. The molecule has 0 saturated carbocycles. The minimum Gasteiger partial charge on any atom is -0.180 e. The first kappa shape index (κ1) is 9.84. The van der Waals surface area contributed by atoms with Crippen LogP contribution in [0.25, 0.3) is 0 Å². The molecule has 1 aromatic rings. The van der Waals surface area contributed by atoms with Gasteiger partial charge in [0.05, 0.1) is 0 Å². The Kier molecular flexibility index (Phi) is 3.82. The van der Waals surface area contributed by atoms with E-state index >= 15 is 0 Å². The third kappa shape index (κ3) is 1.92. The van der Waals surface area contributed by atoms with Crippen molar-refractivity contribution in [3.63, 3.8) is 0 Å². The Bertz CT molecular complexity index is 196. The van der Waals surface area contributed by atoms with Crippen LogP contribution in [0.5, 0.6) is 0 Å². The van der Waals surface area contributed by atoms with Gasteiger partial charge in [-0.15, -0.1) is 0 Å². The summed E-state index contributed by atoms with van der Waals surface area (Å²) < 4.78 is 0. The SMILES string of the molecule is Cc1[c-]ccc(C)c1C.[Zn]. The van der Waals surface area contributed by atoms with Crippen LogP contribution >= 0.6 is 0 Å². The molecule has 1 rings (SSSR count).